The van der Waals surface area contributed by atoms with Crippen molar-refractivity contribution in [2.45, 2.75) is 31.9 Å². The van der Waals surface area contributed by atoms with E-state index in [0.29, 0.717) is 16.6 Å². The standard InChI is InChI=1S/C14H17BrFNO2/c1-9-7-11(19-2)5-6-17(9)14(18)10-3-4-12(15)13(16)8-10/h3-4,8-9,11H,5-7H2,1-2H3. The number of ether oxygens (including phenoxy) is 1. The number of methoxy groups -OCH3 is 1. The van der Waals surface area contributed by atoms with Crippen LogP contribution in [0, 0.1) is 5.82 Å². The van der Waals surface area contributed by atoms with Gasteiger partial charge in [0.1, 0.15) is 5.82 Å². The number of carbonyl (C=O) groups excluding carboxylic acids is 1. The Labute approximate surface area is 120 Å². The van der Waals surface area contributed by atoms with Gasteiger partial charge in [-0.15, -0.1) is 0 Å². The average molecular weight is 330 g/mol. The number of amides is 1. The van der Waals surface area contributed by atoms with Crippen LogP contribution in [0.15, 0.2) is 22.7 Å². The highest BCUT2D eigenvalue weighted by atomic mass is 79.9. The lowest BCUT2D eigenvalue weighted by atomic mass is 9.99. The van der Waals surface area contributed by atoms with Crippen LogP contribution in [-0.2, 0) is 4.74 Å². The average Bonchev–Trinajstić information content (AvgIpc) is 2.41. The predicted octanol–water partition coefficient (Wildman–Crippen LogP) is 3.23. The van der Waals surface area contributed by atoms with Crippen LogP contribution in [0.1, 0.15) is 30.1 Å². The molecule has 2 unspecified atom stereocenters. The quantitative estimate of drug-likeness (QED) is 0.833. The van der Waals surface area contributed by atoms with Crippen molar-refractivity contribution in [3.63, 3.8) is 0 Å². The number of piperidine rings is 1. The summed E-state index contributed by atoms with van der Waals surface area (Å²) in [5, 5.41) is 0. The SMILES string of the molecule is COC1CCN(C(=O)c2ccc(Br)c(F)c2)C(C)C1. The molecule has 0 N–H and O–H groups in total. The Bertz CT molecular complexity index is 481. The van der Waals surface area contributed by atoms with E-state index in [2.05, 4.69) is 15.9 Å². The number of rotatable bonds is 2. The number of halogens is 2. The van der Waals surface area contributed by atoms with Crippen LogP contribution in [-0.4, -0.2) is 36.6 Å². The topological polar surface area (TPSA) is 29.5 Å². The van der Waals surface area contributed by atoms with Crippen molar-refractivity contribution in [1.29, 1.82) is 0 Å². The van der Waals surface area contributed by atoms with Crippen LogP contribution in [0.4, 0.5) is 4.39 Å². The molecule has 104 valence electrons. The molecule has 2 rings (SSSR count). The van der Waals surface area contributed by atoms with E-state index in [1.165, 1.54) is 6.07 Å². The lowest BCUT2D eigenvalue weighted by Gasteiger charge is -2.37. The number of carbonyl (C=O) groups is 1. The minimum absolute atomic E-state index is 0.109. The third-order valence-electron chi connectivity index (χ3n) is 3.59. The Kier molecular flexibility index (Phi) is 4.58. The van der Waals surface area contributed by atoms with Gasteiger partial charge < -0.3 is 9.64 Å². The Morgan fingerprint density at radius 2 is 2.26 bits per heavy atom. The van der Waals surface area contributed by atoms with Crippen molar-refractivity contribution in [2.24, 2.45) is 0 Å². The van der Waals surface area contributed by atoms with Gasteiger partial charge in [-0.05, 0) is 53.9 Å². The van der Waals surface area contributed by atoms with Gasteiger partial charge in [-0.3, -0.25) is 4.79 Å². The Morgan fingerprint density at radius 1 is 1.53 bits per heavy atom. The van der Waals surface area contributed by atoms with Gasteiger partial charge in [0, 0.05) is 25.3 Å². The summed E-state index contributed by atoms with van der Waals surface area (Å²) in [6.45, 7) is 2.65. The molecule has 0 aromatic heterocycles. The van der Waals surface area contributed by atoms with Gasteiger partial charge in [-0.1, -0.05) is 0 Å². The molecule has 1 aliphatic heterocycles. The molecule has 1 heterocycles. The second-order valence-corrected chi connectivity index (χ2v) is 5.71. The first-order chi connectivity index (χ1) is 9.02. The maximum Gasteiger partial charge on any atom is 0.254 e. The first-order valence-corrected chi connectivity index (χ1v) is 7.11. The number of likely N-dealkylation sites (tertiary alicyclic amines) is 1. The maximum atomic E-state index is 13.5. The van der Waals surface area contributed by atoms with Gasteiger partial charge >= 0.3 is 0 Å². The van der Waals surface area contributed by atoms with Crippen LogP contribution in [0.2, 0.25) is 0 Å². The third kappa shape index (κ3) is 3.15. The monoisotopic (exact) mass is 329 g/mol. The van der Waals surface area contributed by atoms with Crippen molar-refractivity contribution in [1.82, 2.24) is 4.90 Å². The summed E-state index contributed by atoms with van der Waals surface area (Å²) >= 11 is 3.09. The molecule has 0 saturated carbocycles. The fourth-order valence-corrected chi connectivity index (χ4v) is 2.69. The highest BCUT2D eigenvalue weighted by molar-refractivity contribution is 9.10. The molecule has 0 radical (unpaired) electrons. The van der Waals surface area contributed by atoms with E-state index in [1.54, 1.807) is 24.1 Å². The number of nitrogens with zero attached hydrogens (tertiary/aromatic N) is 1. The van der Waals surface area contributed by atoms with Crippen molar-refractivity contribution in [2.75, 3.05) is 13.7 Å². The van der Waals surface area contributed by atoms with Gasteiger partial charge in [0.25, 0.3) is 5.91 Å². The third-order valence-corrected chi connectivity index (χ3v) is 4.23. The second-order valence-electron chi connectivity index (χ2n) is 4.86. The molecular weight excluding hydrogens is 313 g/mol. The van der Waals surface area contributed by atoms with Crippen LogP contribution in [0.3, 0.4) is 0 Å². The molecule has 1 amide bonds. The first kappa shape index (κ1) is 14.5. The molecule has 0 spiro atoms. The van der Waals surface area contributed by atoms with E-state index in [1.807, 2.05) is 6.92 Å². The molecule has 0 aliphatic carbocycles. The Morgan fingerprint density at radius 3 is 2.84 bits per heavy atom. The molecule has 1 aromatic rings. The first-order valence-electron chi connectivity index (χ1n) is 6.31. The molecular formula is C14H17BrFNO2. The second kappa shape index (κ2) is 6.01. The van der Waals surface area contributed by atoms with E-state index < -0.39 is 5.82 Å². The number of hydrogen-bond donors (Lipinski definition) is 0. The molecule has 1 aliphatic rings. The van der Waals surface area contributed by atoms with E-state index in [0.717, 1.165) is 12.8 Å². The predicted molar refractivity (Wildman–Crippen MR) is 74.6 cm³/mol. The highest BCUT2D eigenvalue weighted by Crippen LogP contribution is 2.23. The van der Waals surface area contributed by atoms with Crippen molar-refractivity contribution in [3.8, 4) is 0 Å². The molecule has 2 atom stereocenters. The lowest BCUT2D eigenvalue weighted by Crippen LogP contribution is -2.46. The van der Waals surface area contributed by atoms with Crippen LogP contribution in [0.5, 0.6) is 0 Å². The highest BCUT2D eigenvalue weighted by Gasteiger charge is 2.29. The van der Waals surface area contributed by atoms with Crippen LogP contribution < -0.4 is 0 Å². The summed E-state index contributed by atoms with van der Waals surface area (Å²) in [6, 6.07) is 4.60. The fraction of sp³-hybridized carbons (Fsp3) is 0.500. The zero-order chi connectivity index (χ0) is 14.0. The van der Waals surface area contributed by atoms with Crippen LogP contribution >= 0.6 is 15.9 Å². The largest absolute Gasteiger partial charge is 0.381 e. The normalized spacial score (nSPS) is 23.5. The molecule has 3 nitrogen and oxygen atoms in total. The van der Waals surface area contributed by atoms with Crippen LogP contribution in [0.25, 0.3) is 0 Å². The summed E-state index contributed by atoms with van der Waals surface area (Å²) in [5.41, 5.74) is 0.392. The summed E-state index contributed by atoms with van der Waals surface area (Å²) in [7, 11) is 1.69. The van der Waals surface area contributed by atoms with Gasteiger partial charge in [0.05, 0.1) is 10.6 Å². The minimum Gasteiger partial charge on any atom is -0.381 e. The van der Waals surface area contributed by atoms with E-state index >= 15 is 0 Å². The number of benzene rings is 1. The summed E-state index contributed by atoms with van der Waals surface area (Å²) in [5.74, 6) is -0.529. The van der Waals surface area contributed by atoms with Gasteiger partial charge in [0.15, 0.2) is 0 Å². The summed E-state index contributed by atoms with van der Waals surface area (Å²) < 4.78 is 19.2. The zero-order valence-corrected chi connectivity index (χ0v) is 12.6. The molecule has 1 fully saturated rings. The van der Waals surface area contributed by atoms with E-state index in [-0.39, 0.29) is 18.1 Å². The molecule has 19 heavy (non-hydrogen) atoms. The van der Waals surface area contributed by atoms with Gasteiger partial charge in [-0.25, -0.2) is 4.39 Å². The zero-order valence-electron chi connectivity index (χ0n) is 11.0. The maximum absolute atomic E-state index is 13.5. The molecule has 5 heteroatoms. The van der Waals surface area contributed by atoms with E-state index in [9.17, 15) is 9.18 Å². The summed E-state index contributed by atoms with van der Waals surface area (Å²) in [6.07, 6.45) is 1.85. The Hall–Kier alpha value is -0.940. The van der Waals surface area contributed by atoms with Crippen molar-refractivity contribution in [3.05, 3.63) is 34.1 Å². The Balaban J connectivity index is 2.13. The smallest absolute Gasteiger partial charge is 0.254 e. The summed E-state index contributed by atoms with van der Waals surface area (Å²) in [4.78, 5) is 14.2. The molecule has 0 bridgehead atoms. The van der Waals surface area contributed by atoms with Crippen molar-refractivity contribution < 1.29 is 13.9 Å². The van der Waals surface area contributed by atoms with E-state index in [4.69, 9.17) is 4.74 Å². The lowest BCUT2D eigenvalue weighted by molar-refractivity contribution is 0.0160. The minimum atomic E-state index is -0.412. The van der Waals surface area contributed by atoms with Gasteiger partial charge in [-0.2, -0.15) is 0 Å². The number of hydrogen-bond acceptors (Lipinski definition) is 2. The van der Waals surface area contributed by atoms with Crippen molar-refractivity contribution >= 4 is 21.8 Å². The molecule has 1 saturated heterocycles. The van der Waals surface area contributed by atoms with Gasteiger partial charge in [0.2, 0.25) is 0 Å². The molecule has 1 aromatic carbocycles. The fourth-order valence-electron chi connectivity index (χ4n) is 2.44.